The van der Waals surface area contributed by atoms with Crippen LogP contribution >= 0.6 is 0 Å². The number of rotatable bonds is 5. The van der Waals surface area contributed by atoms with Gasteiger partial charge in [-0.3, -0.25) is 4.98 Å². The number of aromatic nitrogens is 1. The van der Waals surface area contributed by atoms with Crippen molar-refractivity contribution in [3.8, 4) is 0 Å². The molecule has 24 heavy (non-hydrogen) atoms. The van der Waals surface area contributed by atoms with Gasteiger partial charge < -0.3 is 15.5 Å². The molecule has 0 unspecified atom stereocenters. The minimum absolute atomic E-state index is 0.231. The first-order valence-corrected chi connectivity index (χ1v) is 7.82. The molecule has 2 N–H and O–H groups in total. The number of hydrogen-bond donors (Lipinski definition) is 2. The van der Waals surface area contributed by atoms with Gasteiger partial charge in [0.1, 0.15) is 5.82 Å². The summed E-state index contributed by atoms with van der Waals surface area (Å²) in [4.78, 5) is 17.9. The topological polar surface area (TPSA) is 57.3 Å². The third kappa shape index (κ3) is 4.44. The van der Waals surface area contributed by atoms with Crippen molar-refractivity contribution in [2.24, 2.45) is 0 Å². The number of nitrogens with zero attached hydrogens (tertiary/aromatic N) is 2. The third-order valence-corrected chi connectivity index (χ3v) is 3.83. The summed E-state index contributed by atoms with van der Waals surface area (Å²) in [6.07, 6.45) is 3.62. The standard InChI is InChI=1S/C18H23FN4O/c1-12-9-15(5-6-16(12)19)22-18(24)23(4)8-7-21-17-13(2)10-20-11-14(17)3/h5-6,9-11H,7-8H2,1-4H3,(H,20,21)(H,22,24). The number of carbonyl (C=O) groups is 1. The fourth-order valence-corrected chi connectivity index (χ4v) is 2.37. The van der Waals surface area contributed by atoms with Crippen LogP contribution in [0.1, 0.15) is 16.7 Å². The number of pyridine rings is 1. The van der Waals surface area contributed by atoms with Crippen molar-refractivity contribution < 1.29 is 9.18 Å². The van der Waals surface area contributed by atoms with Gasteiger partial charge >= 0.3 is 6.03 Å². The quantitative estimate of drug-likeness (QED) is 0.878. The summed E-state index contributed by atoms with van der Waals surface area (Å²) in [6, 6.07) is 4.28. The normalized spacial score (nSPS) is 10.4. The zero-order valence-corrected chi connectivity index (χ0v) is 14.5. The Kier molecular flexibility index (Phi) is 5.73. The molecule has 128 valence electrons. The molecule has 2 amide bonds. The Balaban J connectivity index is 1.86. The van der Waals surface area contributed by atoms with Crippen LogP contribution in [0.25, 0.3) is 0 Å². The van der Waals surface area contributed by atoms with Gasteiger partial charge in [-0.25, -0.2) is 9.18 Å². The molecule has 5 nitrogen and oxygen atoms in total. The van der Waals surface area contributed by atoms with Gasteiger partial charge in [0.2, 0.25) is 0 Å². The molecular formula is C18H23FN4O. The number of hydrogen-bond acceptors (Lipinski definition) is 3. The highest BCUT2D eigenvalue weighted by Crippen LogP contribution is 2.17. The number of benzene rings is 1. The Morgan fingerprint density at radius 3 is 2.46 bits per heavy atom. The van der Waals surface area contributed by atoms with Crippen molar-refractivity contribution in [1.82, 2.24) is 9.88 Å². The average molecular weight is 330 g/mol. The predicted molar refractivity (Wildman–Crippen MR) is 95.0 cm³/mol. The SMILES string of the molecule is Cc1cc(NC(=O)N(C)CCNc2c(C)cncc2C)ccc1F. The van der Waals surface area contributed by atoms with Crippen molar-refractivity contribution in [2.75, 3.05) is 30.8 Å². The van der Waals surface area contributed by atoms with Crippen LogP contribution in [-0.4, -0.2) is 36.1 Å². The first-order valence-electron chi connectivity index (χ1n) is 7.82. The first kappa shape index (κ1) is 17.7. The van der Waals surface area contributed by atoms with E-state index in [1.54, 1.807) is 31.0 Å². The fourth-order valence-electron chi connectivity index (χ4n) is 2.37. The van der Waals surface area contributed by atoms with Gasteiger partial charge in [0.25, 0.3) is 0 Å². The van der Waals surface area contributed by atoms with E-state index >= 15 is 0 Å². The van der Waals surface area contributed by atoms with E-state index in [1.165, 1.54) is 6.07 Å². The van der Waals surface area contributed by atoms with Crippen LogP contribution in [0.4, 0.5) is 20.6 Å². The van der Waals surface area contributed by atoms with E-state index in [4.69, 9.17) is 0 Å². The monoisotopic (exact) mass is 330 g/mol. The van der Waals surface area contributed by atoms with Crippen LogP contribution in [0.15, 0.2) is 30.6 Å². The van der Waals surface area contributed by atoms with Crippen LogP contribution in [0, 0.1) is 26.6 Å². The maximum absolute atomic E-state index is 13.3. The molecule has 0 bridgehead atoms. The zero-order chi connectivity index (χ0) is 17.7. The minimum atomic E-state index is -0.284. The predicted octanol–water partition coefficient (Wildman–Crippen LogP) is 3.72. The molecule has 0 aliphatic rings. The number of amides is 2. The van der Waals surface area contributed by atoms with Crippen LogP contribution in [-0.2, 0) is 0 Å². The van der Waals surface area contributed by atoms with Crippen LogP contribution < -0.4 is 10.6 Å². The van der Waals surface area contributed by atoms with E-state index in [1.807, 2.05) is 26.2 Å². The molecule has 0 radical (unpaired) electrons. The summed E-state index contributed by atoms with van der Waals surface area (Å²) in [5, 5.41) is 6.10. The van der Waals surface area contributed by atoms with Gasteiger partial charge in [0, 0.05) is 43.9 Å². The number of urea groups is 1. The van der Waals surface area contributed by atoms with Crippen molar-refractivity contribution in [3.63, 3.8) is 0 Å². The van der Waals surface area contributed by atoms with Gasteiger partial charge in [0.05, 0.1) is 0 Å². The zero-order valence-electron chi connectivity index (χ0n) is 14.5. The largest absolute Gasteiger partial charge is 0.383 e. The van der Waals surface area contributed by atoms with E-state index < -0.39 is 0 Å². The highest BCUT2D eigenvalue weighted by Gasteiger charge is 2.10. The maximum Gasteiger partial charge on any atom is 0.321 e. The molecule has 0 aliphatic heterocycles. The number of carbonyl (C=O) groups excluding carboxylic acids is 1. The summed E-state index contributed by atoms with van der Waals surface area (Å²) in [5.74, 6) is -0.284. The average Bonchev–Trinajstić information content (AvgIpc) is 2.53. The molecule has 2 aromatic rings. The van der Waals surface area contributed by atoms with Gasteiger partial charge in [-0.1, -0.05) is 0 Å². The Morgan fingerprint density at radius 1 is 1.17 bits per heavy atom. The summed E-state index contributed by atoms with van der Waals surface area (Å²) in [7, 11) is 1.72. The van der Waals surface area contributed by atoms with Crippen LogP contribution in [0.2, 0.25) is 0 Å². The molecule has 1 aromatic carbocycles. The third-order valence-electron chi connectivity index (χ3n) is 3.83. The van der Waals surface area contributed by atoms with Gasteiger partial charge in [-0.2, -0.15) is 0 Å². The maximum atomic E-state index is 13.3. The van der Waals surface area contributed by atoms with Gasteiger partial charge in [-0.05, 0) is 55.7 Å². The molecule has 1 heterocycles. The van der Waals surface area contributed by atoms with Crippen LogP contribution in [0.3, 0.4) is 0 Å². The number of likely N-dealkylation sites (N-methyl/N-ethyl adjacent to an activating group) is 1. The molecule has 0 fully saturated rings. The molecule has 0 aliphatic carbocycles. The number of halogens is 1. The number of anilines is 2. The fraction of sp³-hybridized carbons (Fsp3) is 0.333. The second-order valence-electron chi connectivity index (χ2n) is 5.89. The lowest BCUT2D eigenvalue weighted by Crippen LogP contribution is -2.35. The second-order valence-corrected chi connectivity index (χ2v) is 5.89. The molecule has 0 saturated heterocycles. The lowest BCUT2D eigenvalue weighted by molar-refractivity contribution is 0.224. The van der Waals surface area contributed by atoms with Crippen molar-refractivity contribution in [3.05, 3.63) is 53.1 Å². The minimum Gasteiger partial charge on any atom is -0.383 e. The lowest BCUT2D eigenvalue weighted by Gasteiger charge is -2.20. The Morgan fingerprint density at radius 2 is 1.83 bits per heavy atom. The first-order chi connectivity index (χ1) is 11.4. The summed E-state index contributed by atoms with van der Waals surface area (Å²) >= 11 is 0. The molecule has 2 rings (SSSR count). The van der Waals surface area contributed by atoms with Crippen molar-refractivity contribution in [2.45, 2.75) is 20.8 Å². The molecule has 0 spiro atoms. The molecule has 0 saturated carbocycles. The van der Waals surface area contributed by atoms with Crippen molar-refractivity contribution >= 4 is 17.4 Å². The van der Waals surface area contributed by atoms with Crippen LogP contribution in [0.5, 0.6) is 0 Å². The smallest absolute Gasteiger partial charge is 0.321 e. The number of aryl methyl sites for hydroxylation is 3. The molecule has 1 aromatic heterocycles. The van der Waals surface area contributed by atoms with E-state index in [0.717, 1.165) is 16.8 Å². The van der Waals surface area contributed by atoms with Gasteiger partial charge in [0.15, 0.2) is 0 Å². The Bertz CT molecular complexity index is 713. The molecule has 0 atom stereocenters. The van der Waals surface area contributed by atoms with Gasteiger partial charge in [-0.15, -0.1) is 0 Å². The Hall–Kier alpha value is -2.63. The van der Waals surface area contributed by atoms with E-state index in [0.29, 0.717) is 24.3 Å². The lowest BCUT2D eigenvalue weighted by atomic mass is 10.2. The highest BCUT2D eigenvalue weighted by molar-refractivity contribution is 5.89. The highest BCUT2D eigenvalue weighted by atomic mass is 19.1. The Labute approximate surface area is 141 Å². The summed E-state index contributed by atoms with van der Waals surface area (Å²) in [5.41, 5.74) is 4.28. The van der Waals surface area contributed by atoms with E-state index in [-0.39, 0.29) is 11.8 Å². The number of nitrogens with one attached hydrogen (secondary N) is 2. The van der Waals surface area contributed by atoms with Crippen molar-refractivity contribution in [1.29, 1.82) is 0 Å². The van der Waals surface area contributed by atoms with E-state index in [9.17, 15) is 9.18 Å². The summed E-state index contributed by atoms with van der Waals surface area (Å²) < 4.78 is 13.3. The van der Waals surface area contributed by atoms with E-state index in [2.05, 4.69) is 15.6 Å². The molecular weight excluding hydrogens is 307 g/mol. The summed E-state index contributed by atoms with van der Waals surface area (Å²) in [6.45, 7) is 6.81. The molecule has 6 heteroatoms. The second kappa shape index (κ2) is 7.77.